The molecule has 0 spiro atoms. The Bertz CT molecular complexity index is 1140. The Morgan fingerprint density at radius 2 is 1.87 bits per heavy atom. The van der Waals surface area contributed by atoms with Crippen LogP contribution >= 0.6 is 15.9 Å². The Kier molecular flexibility index (Phi) is 5.50. The van der Waals surface area contributed by atoms with E-state index < -0.39 is 23.5 Å². The molecular formula is C24H19BrN2O3. The third-order valence-electron chi connectivity index (χ3n) is 5.13. The summed E-state index contributed by atoms with van der Waals surface area (Å²) in [6.45, 7) is 2.14. The Hall–Kier alpha value is -3.25. The molecule has 1 aromatic heterocycles. The molecule has 0 bridgehead atoms. The SMILES string of the molecule is Cc1ccc(/C([O-])=C2\C(=O)C(=O)N(Cc3ccc[nH+]c3)C2c2cccc(Br)c2)cc1. The first kappa shape index (κ1) is 20.0. The van der Waals surface area contributed by atoms with Crippen LogP contribution in [0.1, 0.15) is 28.3 Å². The van der Waals surface area contributed by atoms with E-state index in [1.54, 1.807) is 24.5 Å². The van der Waals surface area contributed by atoms with E-state index in [-0.39, 0.29) is 12.1 Å². The van der Waals surface area contributed by atoms with Gasteiger partial charge in [0.2, 0.25) is 5.78 Å². The first-order valence-electron chi connectivity index (χ1n) is 9.49. The summed E-state index contributed by atoms with van der Waals surface area (Å²) >= 11 is 3.45. The number of aromatic nitrogens is 1. The minimum absolute atomic E-state index is 0.0122. The van der Waals surface area contributed by atoms with Crippen LogP contribution in [0.4, 0.5) is 0 Å². The number of pyridine rings is 1. The number of nitrogens with one attached hydrogen (secondary N) is 1. The van der Waals surface area contributed by atoms with Crippen molar-refractivity contribution in [1.29, 1.82) is 0 Å². The number of nitrogens with zero attached hydrogens (tertiary/aromatic N) is 1. The first-order valence-corrected chi connectivity index (χ1v) is 10.3. The van der Waals surface area contributed by atoms with Gasteiger partial charge >= 0.3 is 0 Å². The number of amides is 1. The fraction of sp³-hybridized carbons (Fsp3) is 0.125. The second-order valence-corrected chi connectivity index (χ2v) is 8.16. The predicted octanol–water partition coefficient (Wildman–Crippen LogP) is 3.00. The van der Waals surface area contributed by atoms with Crippen molar-refractivity contribution in [2.45, 2.75) is 19.5 Å². The molecule has 1 atom stereocenters. The lowest BCUT2D eigenvalue weighted by molar-refractivity contribution is -0.378. The van der Waals surface area contributed by atoms with Crippen molar-refractivity contribution in [3.05, 3.63) is 105 Å². The number of likely N-dealkylation sites (tertiary alicyclic amines) is 1. The summed E-state index contributed by atoms with van der Waals surface area (Å²) in [7, 11) is 0. The highest BCUT2D eigenvalue weighted by atomic mass is 79.9. The summed E-state index contributed by atoms with van der Waals surface area (Å²) in [4.78, 5) is 30.4. The maximum Gasteiger partial charge on any atom is 0.295 e. The second kappa shape index (κ2) is 8.24. The van der Waals surface area contributed by atoms with Crippen molar-refractivity contribution < 1.29 is 19.7 Å². The standard InChI is InChI=1S/C24H19BrN2O3/c1-15-7-9-17(10-8-15)22(28)20-21(18-5-2-6-19(25)12-18)27(24(30)23(20)29)14-16-4-3-11-26-13-16/h2-13,21,28H,14H2,1H3/b22-20+. The van der Waals surface area contributed by atoms with Gasteiger partial charge in [-0.1, -0.05) is 63.7 Å². The zero-order valence-corrected chi connectivity index (χ0v) is 17.8. The molecule has 1 N–H and O–H groups in total. The zero-order chi connectivity index (χ0) is 21.3. The molecule has 1 saturated heterocycles. The van der Waals surface area contributed by atoms with Crippen molar-refractivity contribution >= 4 is 33.4 Å². The molecule has 150 valence electrons. The van der Waals surface area contributed by atoms with Crippen LogP contribution in [0.2, 0.25) is 0 Å². The van der Waals surface area contributed by atoms with E-state index in [0.29, 0.717) is 11.1 Å². The summed E-state index contributed by atoms with van der Waals surface area (Å²) < 4.78 is 0.807. The molecule has 1 unspecified atom stereocenters. The molecule has 0 radical (unpaired) electrons. The Morgan fingerprint density at radius 1 is 1.10 bits per heavy atom. The molecule has 30 heavy (non-hydrogen) atoms. The number of ketones is 1. The van der Waals surface area contributed by atoms with Gasteiger partial charge in [0.25, 0.3) is 5.91 Å². The summed E-state index contributed by atoms with van der Waals surface area (Å²) in [5.41, 5.74) is 2.94. The number of H-pyrrole nitrogens is 1. The van der Waals surface area contributed by atoms with Gasteiger partial charge in [-0.2, -0.15) is 0 Å². The average molecular weight is 463 g/mol. The summed E-state index contributed by atoms with van der Waals surface area (Å²) in [5.74, 6) is -1.83. The molecule has 1 aliphatic heterocycles. The minimum Gasteiger partial charge on any atom is -0.872 e. The number of rotatable bonds is 4. The third kappa shape index (κ3) is 3.78. The molecule has 5 nitrogen and oxygen atoms in total. The number of carbonyl (C=O) groups excluding carboxylic acids is 2. The number of hydrogen-bond donors (Lipinski definition) is 0. The largest absolute Gasteiger partial charge is 0.872 e. The van der Waals surface area contributed by atoms with Gasteiger partial charge in [-0.15, -0.1) is 0 Å². The highest BCUT2D eigenvalue weighted by molar-refractivity contribution is 9.10. The van der Waals surface area contributed by atoms with Crippen LogP contribution < -0.4 is 10.1 Å². The van der Waals surface area contributed by atoms with Crippen molar-refractivity contribution in [2.75, 3.05) is 0 Å². The van der Waals surface area contributed by atoms with Crippen LogP contribution in [0.5, 0.6) is 0 Å². The number of aromatic amines is 1. The van der Waals surface area contributed by atoms with Crippen molar-refractivity contribution in [2.24, 2.45) is 0 Å². The monoisotopic (exact) mass is 462 g/mol. The normalized spacial score (nSPS) is 18.1. The van der Waals surface area contributed by atoms with Crippen molar-refractivity contribution in [3.63, 3.8) is 0 Å². The molecule has 4 rings (SSSR count). The van der Waals surface area contributed by atoms with E-state index in [2.05, 4.69) is 20.9 Å². The van der Waals surface area contributed by atoms with E-state index >= 15 is 0 Å². The molecule has 0 aliphatic carbocycles. The van der Waals surface area contributed by atoms with Gasteiger partial charge in [-0.25, -0.2) is 4.98 Å². The maximum atomic E-state index is 13.3. The molecule has 1 amide bonds. The first-order chi connectivity index (χ1) is 14.5. The fourth-order valence-electron chi connectivity index (χ4n) is 3.64. The smallest absolute Gasteiger partial charge is 0.295 e. The summed E-state index contributed by atoms with van der Waals surface area (Å²) in [6, 6.07) is 17.3. The van der Waals surface area contributed by atoms with Crippen LogP contribution in [-0.4, -0.2) is 16.6 Å². The molecule has 1 fully saturated rings. The van der Waals surface area contributed by atoms with Crippen LogP contribution in [-0.2, 0) is 16.1 Å². The maximum absolute atomic E-state index is 13.3. The quantitative estimate of drug-likeness (QED) is 0.339. The lowest BCUT2D eigenvalue weighted by Gasteiger charge is -2.27. The van der Waals surface area contributed by atoms with E-state index in [0.717, 1.165) is 15.6 Å². The number of carbonyl (C=O) groups is 2. The van der Waals surface area contributed by atoms with Gasteiger partial charge in [0.1, 0.15) is 0 Å². The fourth-order valence-corrected chi connectivity index (χ4v) is 4.06. The lowest BCUT2D eigenvalue weighted by atomic mass is 9.95. The van der Waals surface area contributed by atoms with Crippen molar-refractivity contribution in [1.82, 2.24) is 4.90 Å². The summed E-state index contributed by atoms with van der Waals surface area (Å²) in [5, 5.41) is 13.3. The predicted molar refractivity (Wildman–Crippen MR) is 114 cm³/mol. The number of halogens is 1. The highest BCUT2D eigenvalue weighted by Crippen LogP contribution is 2.40. The Labute approximate surface area is 182 Å². The van der Waals surface area contributed by atoms with Gasteiger partial charge in [-0.3, -0.25) is 9.59 Å². The molecule has 3 aromatic rings. The van der Waals surface area contributed by atoms with E-state index in [1.165, 1.54) is 4.90 Å². The number of aryl methyl sites for hydroxylation is 1. The van der Waals surface area contributed by atoms with Crippen molar-refractivity contribution in [3.8, 4) is 0 Å². The molecule has 1 aliphatic rings. The van der Waals surface area contributed by atoms with Gasteiger partial charge < -0.3 is 10.0 Å². The number of benzene rings is 2. The van der Waals surface area contributed by atoms with Gasteiger partial charge in [0.15, 0.2) is 12.4 Å². The Balaban J connectivity index is 1.87. The molecular weight excluding hydrogens is 444 g/mol. The second-order valence-electron chi connectivity index (χ2n) is 7.24. The third-order valence-corrected chi connectivity index (χ3v) is 5.63. The topological polar surface area (TPSA) is 74.6 Å². The molecule has 2 heterocycles. The van der Waals surface area contributed by atoms with Crippen LogP contribution in [0.15, 0.2) is 83.1 Å². The van der Waals surface area contributed by atoms with Crippen LogP contribution in [0.3, 0.4) is 0 Å². The van der Waals surface area contributed by atoms with Gasteiger partial charge in [0.05, 0.1) is 12.6 Å². The van der Waals surface area contributed by atoms with E-state index in [9.17, 15) is 14.7 Å². The Morgan fingerprint density at radius 3 is 2.53 bits per heavy atom. The number of Topliss-reactive ketones (excluding diaryl/α,β-unsaturated/α-hetero) is 1. The molecule has 6 heteroatoms. The molecule has 2 aromatic carbocycles. The van der Waals surface area contributed by atoms with E-state index in [1.807, 2.05) is 55.5 Å². The summed E-state index contributed by atoms with van der Waals surface area (Å²) in [6.07, 6.45) is 3.54. The van der Waals surface area contributed by atoms with Crippen LogP contribution in [0, 0.1) is 6.92 Å². The minimum atomic E-state index is -0.753. The highest BCUT2D eigenvalue weighted by Gasteiger charge is 2.44. The van der Waals surface area contributed by atoms with Gasteiger partial charge in [0, 0.05) is 21.7 Å². The average Bonchev–Trinajstić information content (AvgIpc) is 2.99. The zero-order valence-electron chi connectivity index (χ0n) is 16.3. The van der Waals surface area contributed by atoms with Gasteiger partial charge in [-0.05, 0) is 36.2 Å². The molecule has 0 saturated carbocycles. The number of hydrogen-bond acceptors (Lipinski definition) is 3. The van der Waals surface area contributed by atoms with E-state index in [4.69, 9.17) is 0 Å². The lowest BCUT2D eigenvalue weighted by Crippen LogP contribution is -2.29. The van der Waals surface area contributed by atoms with Crippen LogP contribution in [0.25, 0.3) is 5.76 Å².